The van der Waals surface area contributed by atoms with Crippen molar-refractivity contribution in [2.24, 2.45) is 0 Å². The molecule has 1 aromatic heterocycles. The Bertz CT molecular complexity index is 323. The average Bonchev–Trinajstić information content (AvgIpc) is 2.03. The Labute approximate surface area is 68.0 Å². The van der Waals surface area contributed by atoms with Gasteiger partial charge in [0.1, 0.15) is 0 Å². The molecule has 1 aromatic rings. The maximum absolute atomic E-state index is 10.6. The first-order chi connectivity index (χ1) is 5.65. The number of aromatic amines is 1. The van der Waals surface area contributed by atoms with Gasteiger partial charge in [-0.25, -0.2) is 9.78 Å². The lowest BCUT2D eigenvalue weighted by atomic mass is 9.82. The fourth-order valence-electron chi connectivity index (χ4n) is 0.741. The van der Waals surface area contributed by atoms with E-state index in [2.05, 4.69) is 14.7 Å². The highest BCUT2D eigenvalue weighted by Crippen LogP contribution is 1.95. The molecule has 64 valence electrons. The lowest BCUT2D eigenvalue weighted by molar-refractivity contribution is 0.388. The van der Waals surface area contributed by atoms with Gasteiger partial charge < -0.3 is 14.8 Å². The van der Waals surface area contributed by atoms with Crippen LogP contribution in [0.1, 0.15) is 0 Å². The van der Waals surface area contributed by atoms with Crippen LogP contribution in [0.2, 0.25) is 0 Å². The van der Waals surface area contributed by atoms with Crippen molar-refractivity contribution in [3.8, 4) is 5.88 Å². The minimum Gasteiger partial charge on any atom is -0.482 e. The first kappa shape index (κ1) is 8.76. The van der Waals surface area contributed by atoms with Crippen LogP contribution in [0.3, 0.4) is 0 Å². The zero-order valence-corrected chi connectivity index (χ0v) is 6.31. The molecule has 0 bridgehead atoms. The summed E-state index contributed by atoms with van der Waals surface area (Å²) < 4.78 is 4.67. The lowest BCUT2D eigenvalue weighted by Gasteiger charge is -2.04. The molecule has 0 atom stereocenters. The van der Waals surface area contributed by atoms with Crippen molar-refractivity contribution in [2.75, 3.05) is 7.11 Å². The minimum absolute atomic E-state index is 0.00463. The summed E-state index contributed by atoms with van der Waals surface area (Å²) >= 11 is 0. The fourth-order valence-corrected chi connectivity index (χ4v) is 0.741. The first-order valence-electron chi connectivity index (χ1n) is 3.14. The Balaban J connectivity index is 3.20. The van der Waals surface area contributed by atoms with Crippen molar-refractivity contribution in [3.05, 3.63) is 16.7 Å². The first-order valence-corrected chi connectivity index (χ1v) is 3.14. The van der Waals surface area contributed by atoms with Gasteiger partial charge in [-0.1, -0.05) is 0 Å². The van der Waals surface area contributed by atoms with Crippen LogP contribution in [0, 0.1) is 0 Å². The molecule has 3 N–H and O–H groups in total. The molecule has 0 amide bonds. The van der Waals surface area contributed by atoms with Crippen molar-refractivity contribution in [1.29, 1.82) is 0 Å². The molecule has 0 spiro atoms. The number of nitrogens with one attached hydrogen (secondary N) is 1. The van der Waals surface area contributed by atoms with Crippen molar-refractivity contribution < 1.29 is 14.8 Å². The smallest absolute Gasteiger partial charge is 0.482 e. The topological polar surface area (TPSA) is 95.4 Å². The number of rotatable bonds is 2. The van der Waals surface area contributed by atoms with Crippen molar-refractivity contribution in [2.45, 2.75) is 0 Å². The fraction of sp³-hybridized carbons (Fsp3) is 0.200. The number of hydrogen-bond donors (Lipinski definition) is 3. The molecule has 0 aromatic carbocycles. The molecule has 0 unspecified atom stereocenters. The molecule has 0 saturated heterocycles. The molecule has 0 aliphatic heterocycles. The van der Waals surface area contributed by atoms with E-state index in [9.17, 15) is 4.79 Å². The molecular formula is C5H7BN2O4. The highest BCUT2D eigenvalue weighted by Gasteiger charge is 2.17. The molecule has 6 nitrogen and oxygen atoms in total. The third kappa shape index (κ3) is 1.63. The Kier molecular flexibility index (Phi) is 2.46. The molecule has 0 saturated carbocycles. The van der Waals surface area contributed by atoms with Gasteiger partial charge in [-0.3, -0.25) is 4.98 Å². The molecular weight excluding hydrogens is 163 g/mol. The molecule has 0 fully saturated rings. The number of ether oxygens (including phenoxy) is 1. The summed E-state index contributed by atoms with van der Waals surface area (Å²) in [5.41, 5.74) is -0.576. The largest absolute Gasteiger partial charge is 0.495 e. The Morgan fingerprint density at radius 2 is 2.33 bits per heavy atom. The number of nitrogens with zero attached hydrogens (tertiary/aromatic N) is 1. The van der Waals surface area contributed by atoms with E-state index in [1.54, 1.807) is 0 Å². The van der Waals surface area contributed by atoms with E-state index in [4.69, 9.17) is 10.0 Å². The summed E-state index contributed by atoms with van der Waals surface area (Å²) in [5.74, 6) is 0.00463. The number of methoxy groups -OCH3 is 1. The summed E-state index contributed by atoms with van der Waals surface area (Å²) in [6.07, 6.45) is 1.04. The van der Waals surface area contributed by atoms with Crippen LogP contribution in [-0.4, -0.2) is 34.2 Å². The standard InChI is InChI=1S/C5H7BN2O4/c1-12-4-3(6(10)11)2-7-5(9)8-4/h2,10-11H,1H3,(H,7,8,9). The summed E-state index contributed by atoms with van der Waals surface area (Å²) in [4.78, 5) is 16.1. The van der Waals surface area contributed by atoms with Gasteiger partial charge in [-0.15, -0.1) is 0 Å². The maximum Gasteiger partial charge on any atom is 0.495 e. The Morgan fingerprint density at radius 3 is 2.83 bits per heavy atom. The van der Waals surface area contributed by atoms with E-state index >= 15 is 0 Å². The van der Waals surface area contributed by atoms with Crippen LogP contribution in [-0.2, 0) is 0 Å². The van der Waals surface area contributed by atoms with Gasteiger partial charge in [-0.05, 0) is 0 Å². The summed E-state index contributed by atoms with van der Waals surface area (Å²) in [7, 11) is -0.402. The van der Waals surface area contributed by atoms with E-state index in [1.165, 1.54) is 7.11 Å². The average molecular weight is 170 g/mol. The normalized spacial score (nSPS) is 9.58. The third-order valence-corrected chi connectivity index (χ3v) is 1.29. The van der Waals surface area contributed by atoms with Crippen LogP contribution in [0.5, 0.6) is 5.88 Å². The van der Waals surface area contributed by atoms with Crippen LogP contribution >= 0.6 is 0 Å². The molecule has 1 rings (SSSR count). The SMILES string of the molecule is COc1[nH]c(=O)ncc1B(O)O. The summed E-state index contributed by atoms with van der Waals surface area (Å²) in [6, 6.07) is 0. The van der Waals surface area contributed by atoms with Gasteiger partial charge in [0.05, 0.1) is 12.6 Å². The predicted molar refractivity (Wildman–Crippen MR) is 41.2 cm³/mol. The van der Waals surface area contributed by atoms with E-state index in [0.717, 1.165) is 6.20 Å². The van der Waals surface area contributed by atoms with E-state index in [1.807, 2.05) is 0 Å². The van der Waals surface area contributed by atoms with Crippen molar-refractivity contribution >= 4 is 12.6 Å². The van der Waals surface area contributed by atoms with Gasteiger partial charge >= 0.3 is 12.8 Å². The van der Waals surface area contributed by atoms with Crippen molar-refractivity contribution in [1.82, 2.24) is 9.97 Å². The highest BCUT2D eigenvalue weighted by molar-refractivity contribution is 6.59. The minimum atomic E-state index is -1.70. The number of aromatic nitrogens is 2. The van der Waals surface area contributed by atoms with Crippen LogP contribution in [0.25, 0.3) is 0 Å². The van der Waals surface area contributed by atoms with Crippen molar-refractivity contribution in [3.63, 3.8) is 0 Å². The molecule has 1 heterocycles. The van der Waals surface area contributed by atoms with Crippen LogP contribution in [0.15, 0.2) is 11.0 Å². The van der Waals surface area contributed by atoms with Crippen LogP contribution < -0.4 is 15.9 Å². The second-order valence-electron chi connectivity index (χ2n) is 2.05. The van der Waals surface area contributed by atoms with Gasteiger partial charge in [0.2, 0.25) is 0 Å². The molecule has 0 aliphatic rings. The van der Waals surface area contributed by atoms with E-state index in [0.29, 0.717) is 0 Å². The number of H-pyrrole nitrogens is 1. The summed E-state index contributed by atoms with van der Waals surface area (Å²) in [5, 5.41) is 17.5. The second kappa shape index (κ2) is 3.37. The lowest BCUT2D eigenvalue weighted by Crippen LogP contribution is -2.34. The monoisotopic (exact) mass is 170 g/mol. The molecule has 0 aliphatic carbocycles. The van der Waals surface area contributed by atoms with Gasteiger partial charge in [0.25, 0.3) is 0 Å². The number of hydrogen-bond acceptors (Lipinski definition) is 5. The second-order valence-corrected chi connectivity index (χ2v) is 2.05. The van der Waals surface area contributed by atoms with E-state index in [-0.39, 0.29) is 11.3 Å². The van der Waals surface area contributed by atoms with Crippen LogP contribution in [0.4, 0.5) is 0 Å². The van der Waals surface area contributed by atoms with E-state index < -0.39 is 12.8 Å². The molecule has 7 heteroatoms. The molecule has 0 radical (unpaired) electrons. The van der Waals surface area contributed by atoms with Gasteiger partial charge in [0.15, 0.2) is 5.88 Å². The Hall–Kier alpha value is -1.34. The highest BCUT2D eigenvalue weighted by atomic mass is 16.5. The molecule has 12 heavy (non-hydrogen) atoms. The van der Waals surface area contributed by atoms with Gasteiger partial charge in [-0.2, -0.15) is 0 Å². The Morgan fingerprint density at radius 1 is 1.67 bits per heavy atom. The predicted octanol–water partition coefficient (Wildman–Crippen LogP) is -2.54. The third-order valence-electron chi connectivity index (χ3n) is 1.29. The maximum atomic E-state index is 10.6. The summed E-state index contributed by atoms with van der Waals surface area (Å²) in [6.45, 7) is 0. The zero-order chi connectivity index (χ0) is 9.14. The van der Waals surface area contributed by atoms with Gasteiger partial charge in [0, 0.05) is 6.20 Å². The quantitative estimate of drug-likeness (QED) is 0.425. The zero-order valence-electron chi connectivity index (χ0n) is 6.31.